The van der Waals surface area contributed by atoms with Gasteiger partial charge in [-0.15, -0.1) is 0 Å². The summed E-state index contributed by atoms with van der Waals surface area (Å²) in [5.74, 6) is -0.396. The van der Waals surface area contributed by atoms with Crippen LogP contribution in [0.5, 0.6) is 0 Å². The Balaban J connectivity index is 1.72. The van der Waals surface area contributed by atoms with Gasteiger partial charge in [-0.25, -0.2) is 10.1 Å². The Bertz CT molecular complexity index is 517. The van der Waals surface area contributed by atoms with Crippen molar-refractivity contribution in [2.24, 2.45) is 0 Å². The topological polar surface area (TPSA) is 59.3 Å². The average molecular weight is 271 g/mol. The van der Waals surface area contributed by atoms with Crippen molar-refractivity contribution in [3.63, 3.8) is 0 Å². The fraction of sp³-hybridized carbons (Fsp3) is 0.133. The molecule has 0 fully saturated rings. The summed E-state index contributed by atoms with van der Waals surface area (Å²) in [5.41, 5.74) is 0.497. The Kier molecular flexibility index (Phi) is 4.83. The molecule has 0 spiro atoms. The van der Waals surface area contributed by atoms with E-state index >= 15 is 0 Å². The molecular weight excluding hydrogens is 256 g/mol. The molecule has 5 heteroatoms. The zero-order valence-corrected chi connectivity index (χ0v) is 10.9. The molecule has 0 aliphatic carbocycles. The van der Waals surface area contributed by atoms with Gasteiger partial charge in [0.05, 0.1) is 18.0 Å². The monoisotopic (exact) mass is 271 g/mol. The van der Waals surface area contributed by atoms with Gasteiger partial charge in [-0.3, -0.25) is 0 Å². The molecule has 0 radical (unpaired) electrons. The minimum absolute atomic E-state index is 0.132. The van der Waals surface area contributed by atoms with Gasteiger partial charge < -0.3 is 4.74 Å². The van der Waals surface area contributed by atoms with Crippen LogP contribution in [0.1, 0.15) is 10.4 Å². The SMILES string of the molecule is O=C(OCCNC(=O)[n+]1ccccc1)c1ccccc1. The molecule has 2 rings (SSSR count). The van der Waals surface area contributed by atoms with Crippen LogP contribution in [-0.2, 0) is 4.74 Å². The van der Waals surface area contributed by atoms with Gasteiger partial charge in [0.25, 0.3) is 0 Å². The van der Waals surface area contributed by atoms with E-state index in [9.17, 15) is 9.59 Å². The highest BCUT2D eigenvalue weighted by Gasteiger charge is 2.11. The molecule has 1 heterocycles. The Hall–Kier alpha value is -2.69. The number of hydrogen-bond donors (Lipinski definition) is 1. The highest BCUT2D eigenvalue weighted by atomic mass is 16.5. The number of ether oxygens (including phenoxy) is 1. The van der Waals surface area contributed by atoms with Gasteiger partial charge in [0.2, 0.25) is 0 Å². The number of carbonyl (C=O) groups is 2. The van der Waals surface area contributed by atoms with E-state index in [4.69, 9.17) is 4.74 Å². The van der Waals surface area contributed by atoms with Crippen molar-refractivity contribution in [1.82, 2.24) is 5.32 Å². The summed E-state index contributed by atoms with van der Waals surface area (Å²) < 4.78 is 6.47. The summed E-state index contributed by atoms with van der Waals surface area (Å²) in [7, 11) is 0. The molecule has 0 saturated carbocycles. The quantitative estimate of drug-likeness (QED) is 0.519. The van der Waals surface area contributed by atoms with Crippen LogP contribution >= 0.6 is 0 Å². The largest absolute Gasteiger partial charge is 0.495 e. The van der Waals surface area contributed by atoms with Crippen LogP contribution < -0.4 is 9.88 Å². The Morgan fingerprint density at radius 2 is 1.65 bits per heavy atom. The first-order valence-electron chi connectivity index (χ1n) is 6.24. The van der Waals surface area contributed by atoms with E-state index in [0.29, 0.717) is 5.56 Å². The predicted octanol–water partition coefficient (Wildman–Crippen LogP) is 1.39. The number of hydrogen-bond acceptors (Lipinski definition) is 3. The van der Waals surface area contributed by atoms with Crippen molar-refractivity contribution in [2.75, 3.05) is 13.2 Å². The lowest BCUT2D eigenvalue weighted by atomic mass is 10.2. The van der Waals surface area contributed by atoms with E-state index in [1.54, 1.807) is 48.8 Å². The van der Waals surface area contributed by atoms with E-state index in [1.807, 2.05) is 12.1 Å². The van der Waals surface area contributed by atoms with Crippen molar-refractivity contribution in [2.45, 2.75) is 0 Å². The number of pyridine rings is 1. The smallest absolute Gasteiger partial charge is 0.458 e. The van der Waals surface area contributed by atoms with Gasteiger partial charge in [0.15, 0.2) is 0 Å². The number of esters is 1. The molecule has 0 bridgehead atoms. The molecule has 20 heavy (non-hydrogen) atoms. The number of amides is 1. The molecular formula is C15H15N2O3+. The molecule has 2 aromatic rings. The lowest BCUT2D eigenvalue weighted by Crippen LogP contribution is -2.50. The fourth-order valence-corrected chi connectivity index (χ4v) is 1.58. The number of carbonyl (C=O) groups excluding carboxylic acids is 2. The molecule has 1 amide bonds. The highest BCUT2D eigenvalue weighted by Crippen LogP contribution is 2.00. The van der Waals surface area contributed by atoms with Gasteiger partial charge in [-0.1, -0.05) is 24.3 Å². The van der Waals surface area contributed by atoms with Crippen molar-refractivity contribution < 1.29 is 18.9 Å². The fourth-order valence-electron chi connectivity index (χ4n) is 1.58. The van der Waals surface area contributed by atoms with Gasteiger partial charge >= 0.3 is 12.0 Å². The van der Waals surface area contributed by atoms with Crippen LogP contribution in [0.3, 0.4) is 0 Å². The Morgan fingerprint density at radius 3 is 2.35 bits per heavy atom. The standard InChI is InChI=1S/C15H14N2O3/c18-14(13-7-3-1-4-8-13)20-12-9-16-15(19)17-10-5-2-6-11-17/h1-8,10-11H,9,12H2/p+1. The lowest BCUT2D eigenvalue weighted by molar-refractivity contribution is -0.572. The summed E-state index contributed by atoms with van der Waals surface area (Å²) in [6.07, 6.45) is 3.29. The van der Waals surface area contributed by atoms with E-state index < -0.39 is 5.97 Å². The molecule has 1 aromatic heterocycles. The van der Waals surface area contributed by atoms with Gasteiger partial charge in [0.1, 0.15) is 13.2 Å². The van der Waals surface area contributed by atoms with E-state index in [-0.39, 0.29) is 19.2 Å². The molecule has 1 N–H and O–H groups in total. The summed E-state index contributed by atoms with van der Waals surface area (Å²) in [5, 5.41) is 2.65. The molecule has 5 nitrogen and oxygen atoms in total. The molecule has 0 aliphatic heterocycles. The number of rotatable bonds is 4. The third-order valence-corrected chi connectivity index (χ3v) is 2.57. The molecule has 0 unspecified atom stereocenters. The van der Waals surface area contributed by atoms with Crippen molar-refractivity contribution in [3.8, 4) is 0 Å². The zero-order chi connectivity index (χ0) is 14.2. The summed E-state index contributed by atoms with van der Waals surface area (Å²) >= 11 is 0. The second-order valence-corrected chi connectivity index (χ2v) is 4.02. The third-order valence-electron chi connectivity index (χ3n) is 2.57. The maximum atomic E-state index is 11.7. The summed E-state index contributed by atoms with van der Waals surface area (Å²) in [6, 6.07) is 13.8. The van der Waals surface area contributed by atoms with Crippen molar-refractivity contribution in [3.05, 3.63) is 66.5 Å². The second-order valence-electron chi connectivity index (χ2n) is 4.02. The maximum Gasteiger partial charge on any atom is 0.495 e. The van der Waals surface area contributed by atoms with Crippen LogP contribution in [-0.4, -0.2) is 25.2 Å². The minimum Gasteiger partial charge on any atom is -0.458 e. The van der Waals surface area contributed by atoms with Crippen LogP contribution in [0, 0.1) is 0 Å². The van der Waals surface area contributed by atoms with Crippen molar-refractivity contribution >= 4 is 12.0 Å². The first-order chi connectivity index (χ1) is 9.77. The van der Waals surface area contributed by atoms with Gasteiger partial charge in [-0.05, 0) is 24.3 Å². The third kappa shape index (κ3) is 3.91. The van der Waals surface area contributed by atoms with Crippen molar-refractivity contribution in [1.29, 1.82) is 0 Å². The minimum atomic E-state index is -0.396. The molecule has 1 aromatic carbocycles. The summed E-state index contributed by atoms with van der Waals surface area (Å²) in [6.45, 7) is 0.395. The molecule has 0 saturated heterocycles. The second kappa shape index (κ2) is 7.04. The highest BCUT2D eigenvalue weighted by molar-refractivity contribution is 5.89. The summed E-state index contributed by atoms with van der Waals surface area (Å²) in [4.78, 5) is 23.3. The van der Waals surface area contributed by atoms with Crippen LogP contribution in [0.4, 0.5) is 4.79 Å². The van der Waals surface area contributed by atoms with E-state index in [1.165, 1.54) is 4.57 Å². The van der Waals surface area contributed by atoms with Crippen LogP contribution in [0.15, 0.2) is 60.9 Å². The number of nitrogens with one attached hydrogen (secondary N) is 1. The predicted molar refractivity (Wildman–Crippen MR) is 72.2 cm³/mol. The average Bonchev–Trinajstić information content (AvgIpc) is 2.53. The molecule has 102 valence electrons. The van der Waals surface area contributed by atoms with Gasteiger partial charge in [-0.2, -0.15) is 9.36 Å². The first-order valence-corrected chi connectivity index (χ1v) is 6.24. The van der Waals surface area contributed by atoms with Gasteiger partial charge in [0, 0.05) is 0 Å². The lowest BCUT2D eigenvalue weighted by Gasteiger charge is -2.03. The molecule has 0 aliphatic rings. The van der Waals surface area contributed by atoms with Crippen LogP contribution in [0.2, 0.25) is 0 Å². The number of nitrogens with zero attached hydrogens (tertiary/aromatic N) is 1. The Labute approximate surface area is 116 Å². The van der Waals surface area contributed by atoms with E-state index in [0.717, 1.165) is 0 Å². The van der Waals surface area contributed by atoms with E-state index in [2.05, 4.69) is 5.32 Å². The van der Waals surface area contributed by atoms with Crippen LogP contribution in [0.25, 0.3) is 0 Å². The molecule has 0 atom stereocenters. The Morgan fingerprint density at radius 1 is 1.00 bits per heavy atom. The zero-order valence-electron chi connectivity index (χ0n) is 10.9. The number of benzene rings is 1. The maximum absolute atomic E-state index is 11.7. The first kappa shape index (κ1) is 13.7. The normalized spacial score (nSPS) is 9.80. The number of aromatic nitrogens is 1.